The zero-order valence-corrected chi connectivity index (χ0v) is 12.3. The smallest absolute Gasteiger partial charge is 0.325 e. The molecule has 3 N–H and O–H groups in total. The summed E-state index contributed by atoms with van der Waals surface area (Å²) in [5.74, 6) is 0.150. The van der Waals surface area contributed by atoms with E-state index in [1.165, 1.54) is 6.20 Å². The molecule has 1 saturated heterocycles. The molecule has 1 aliphatic heterocycles. The van der Waals surface area contributed by atoms with E-state index in [1.54, 1.807) is 4.90 Å². The molecule has 1 aliphatic rings. The van der Waals surface area contributed by atoms with Crippen LogP contribution >= 0.6 is 0 Å². The normalized spacial score (nSPS) is 15.9. The van der Waals surface area contributed by atoms with Crippen LogP contribution in [0.3, 0.4) is 0 Å². The number of hydrogen-bond donors (Lipinski definition) is 3. The molecular formula is C14H22N4O3. The van der Waals surface area contributed by atoms with Gasteiger partial charge < -0.3 is 15.2 Å². The average molecular weight is 294 g/mol. The van der Waals surface area contributed by atoms with Crippen LogP contribution in [0.4, 0.5) is 0 Å². The van der Waals surface area contributed by atoms with Crippen molar-refractivity contribution in [2.75, 3.05) is 26.2 Å². The molecule has 0 aromatic carbocycles. The summed E-state index contributed by atoms with van der Waals surface area (Å²) in [5.41, 5.74) is -1.23. The Balaban J connectivity index is 2.14. The Bertz CT molecular complexity index is 586. The number of amides is 1. The zero-order chi connectivity index (χ0) is 15.2. The lowest BCUT2D eigenvalue weighted by atomic mass is 9.97. The van der Waals surface area contributed by atoms with E-state index in [1.807, 2.05) is 6.92 Å². The first kappa shape index (κ1) is 15.5. The van der Waals surface area contributed by atoms with E-state index in [0.29, 0.717) is 19.0 Å². The SMILES string of the molecule is CCCN(CC1CCNCC1)C(=O)c1c[nH]c(=O)[nH]c1=O. The van der Waals surface area contributed by atoms with Gasteiger partial charge in [0.2, 0.25) is 0 Å². The van der Waals surface area contributed by atoms with Gasteiger partial charge in [-0.05, 0) is 38.3 Å². The minimum Gasteiger partial charge on any atom is -0.338 e. The lowest BCUT2D eigenvalue weighted by molar-refractivity contribution is 0.0714. The summed E-state index contributed by atoms with van der Waals surface area (Å²) in [6.45, 7) is 5.21. The molecule has 1 fully saturated rings. The summed E-state index contributed by atoms with van der Waals surface area (Å²) in [6.07, 6.45) is 4.11. The highest BCUT2D eigenvalue weighted by Crippen LogP contribution is 2.14. The number of carbonyl (C=O) groups excluding carboxylic acids is 1. The van der Waals surface area contributed by atoms with Crippen molar-refractivity contribution < 1.29 is 4.79 Å². The molecule has 0 aliphatic carbocycles. The minimum absolute atomic E-state index is 0.00279. The van der Waals surface area contributed by atoms with Crippen molar-refractivity contribution >= 4 is 5.91 Å². The van der Waals surface area contributed by atoms with Gasteiger partial charge in [0, 0.05) is 19.3 Å². The van der Waals surface area contributed by atoms with Gasteiger partial charge in [-0.3, -0.25) is 14.6 Å². The van der Waals surface area contributed by atoms with Crippen LogP contribution in [0.1, 0.15) is 36.5 Å². The zero-order valence-electron chi connectivity index (χ0n) is 12.3. The Morgan fingerprint density at radius 1 is 1.33 bits per heavy atom. The highest BCUT2D eigenvalue weighted by atomic mass is 16.2. The van der Waals surface area contributed by atoms with E-state index in [-0.39, 0.29) is 11.5 Å². The second kappa shape index (κ2) is 7.21. The molecule has 21 heavy (non-hydrogen) atoms. The van der Waals surface area contributed by atoms with Crippen LogP contribution in [0.25, 0.3) is 0 Å². The quantitative estimate of drug-likeness (QED) is 0.707. The van der Waals surface area contributed by atoms with Crippen molar-refractivity contribution in [3.63, 3.8) is 0 Å². The van der Waals surface area contributed by atoms with Gasteiger partial charge in [0.15, 0.2) is 0 Å². The molecule has 0 atom stereocenters. The predicted molar refractivity (Wildman–Crippen MR) is 79.5 cm³/mol. The Kier molecular flexibility index (Phi) is 5.32. The van der Waals surface area contributed by atoms with E-state index in [4.69, 9.17) is 0 Å². The van der Waals surface area contributed by atoms with Gasteiger partial charge >= 0.3 is 5.69 Å². The number of nitrogens with zero attached hydrogens (tertiary/aromatic N) is 1. The van der Waals surface area contributed by atoms with Crippen LogP contribution < -0.4 is 16.6 Å². The average Bonchev–Trinajstić information content (AvgIpc) is 2.47. The molecule has 7 nitrogen and oxygen atoms in total. The van der Waals surface area contributed by atoms with Gasteiger partial charge in [-0.25, -0.2) is 4.79 Å². The first-order valence-corrected chi connectivity index (χ1v) is 7.43. The molecule has 116 valence electrons. The number of nitrogens with one attached hydrogen (secondary N) is 3. The van der Waals surface area contributed by atoms with Gasteiger partial charge in [-0.1, -0.05) is 6.92 Å². The monoisotopic (exact) mass is 294 g/mol. The summed E-state index contributed by atoms with van der Waals surface area (Å²) in [6, 6.07) is 0. The summed E-state index contributed by atoms with van der Waals surface area (Å²) < 4.78 is 0. The first-order chi connectivity index (χ1) is 10.1. The second-order valence-electron chi connectivity index (χ2n) is 5.43. The molecule has 0 unspecified atom stereocenters. The molecule has 2 heterocycles. The third-order valence-electron chi connectivity index (χ3n) is 3.77. The number of piperidine rings is 1. The van der Waals surface area contributed by atoms with Gasteiger partial charge in [0.1, 0.15) is 5.56 Å². The number of aromatic nitrogens is 2. The van der Waals surface area contributed by atoms with Crippen molar-refractivity contribution in [2.45, 2.75) is 26.2 Å². The van der Waals surface area contributed by atoms with Crippen molar-refractivity contribution in [1.29, 1.82) is 0 Å². The summed E-state index contributed by atoms with van der Waals surface area (Å²) in [4.78, 5) is 41.5. The van der Waals surface area contributed by atoms with E-state index >= 15 is 0 Å². The van der Waals surface area contributed by atoms with Crippen LogP contribution in [0.5, 0.6) is 0 Å². The van der Waals surface area contributed by atoms with Crippen molar-refractivity contribution in [3.8, 4) is 0 Å². The van der Waals surface area contributed by atoms with Gasteiger partial charge in [0.25, 0.3) is 11.5 Å². The van der Waals surface area contributed by atoms with Crippen LogP contribution in [0.2, 0.25) is 0 Å². The topological polar surface area (TPSA) is 98.1 Å². The van der Waals surface area contributed by atoms with Gasteiger partial charge in [0.05, 0.1) is 0 Å². The fourth-order valence-electron chi connectivity index (χ4n) is 2.66. The second-order valence-corrected chi connectivity index (χ2v) is 5.43. The van der Waals surface area contributed by atoms with Crippen molar-refractivity contribution in [3.05, 3.63) is 32.6 Å². The highest BCUT2D eigenvalue weighted by Gasteiger charge is 2.23. The van der Waals surface area contributed by atoms with Crippen LogP contribution in [-0.2, 0) is 0 Å². The van der Waals surface area contributed by atoms with Crippen molar-refractivity contribution in [1.82, 2.24) is 20.2 Å². The molecule has 1 aromatic rings. The summed E-state index contributed by atoms with van der Waals surface area (Å²) in [5, 5.41) is 3.30. The van der Waals surface area contributed by atoms with E-state index in [0.717, 1.165) is 32.4 Å². The lowest BCUT2D eigenvalue weighted by Gasteiger charge is -2.29. The van der Waals surface area contributed by atoms with Gasteiger partial charge in [-0.15, -0.1) is 0 Å². The minimum atomic E-state index is -0.629. The molecule has 0 saturated carbocycles. The maximum Gasteiger partial charge on any atom is 0.325 e. The summed E-state index contributed by atoms with van der Waals surface area (Å²) >= 11 is 0. The molecule has 0 bridgehead atoms. The van der Waals surface area contributed by atoms with Crippen LogP contribution in [-0.4, -0.2) is 47.0 Å². The Morgan fingerprint density at radius 3 is 2.67 bits per heavy atom. The molecule has 2 rings (SSSR count). The third-order valence-corrected chi connectivity index (χ3v) is 3.77. The number of H-pyrrole nitrogens is 2. The van der Waals surface area contributed by atoms with E-state index in [9.17, 15) is 14.4 Å². The maximum atomic E-state index is 12.5. The number of hydrogen-bond acceptors (Lipinski definition) is 4. The summed E-state index contributed by atoms with van der Waals surface area (Å²) in [7, 11) is 0. The standard InChI is InChI=1S/C14H22N4O3/c1-2-7-18(9-10-3-5-15-6-4-10)13(20)11-8-16-14(21)17-12(11)19/h8,10,15H,2-7,9H2,1H3,(H2,16,17,19,21). The van der Waals surface area contributed by atoms with E-state index in [2.05, 4.69) is 15.3 Å². The lowest BCUT2D eigenvalue weighted by Crippen LogP contribution is -2.42. The molecule has 0 radical (unpaired) electrons. The molecule has 0 spiro atoms. The van der Waals surface area contributed by atoms with Crippen LogP contribution in [0.15, 0.2) is 15.8 Å². The number of aromatic amines is 2. The Hall–Kier alpha value is -1.89. The van der Waals surface area contributed by atoms with E-state index < -0.39 is 11.2 Å². The largest absolute Gasteiger partial charge is 0.338 e. The predicted octanol–water partition coefficient (Wildman–Crippen LogP) is -0.0850. The molecular weight excluding hydrogens is 272 g/mol. The van der Waals surface area contributed by atoms with Gasteiger partial charge in [-0.2, -0.15) is 0 Å². The number of carbonyl (C=O) groups is 1. The highest BCUT2D eigenvalue weighted by molar-refractivity contribution is 5.93. The molecule has 1 amide bonds. The maximum absolute atomic E-state index is 12.5. The Morgan fingerprint density at radius 2 is 2.05 bits per heavy atom. The Labute approximate surface area is 122 Å². The van der Waals surface area contributed by atoms with Crippen LogP contribution in [0, 0.1) is 5.92 Å². The fraction of sp³-hybridized carbons (Fsp3) is 0.643. The molecule has 7 heteroatoms. The van der Waals surface area contributed by atoms with Crippen molar-refractivity contribution in [2.24, 2.45) is 5.92 Å². The first-order valence-electron chi connectivity index (χ1n) is 7.43. The fourth-order valence-corrected chi connectivity index (χ4v) is 2.66. The molecule has 1 aromatic heterocycles. The number of rotatable bonds is 5. The third kappa shape index (κ3) is 4.04.